The summed E-state index contributed by atoms with van der Waals surface area (Å²) in [7, 11) is 0. The van der Waals surface area contributed by atoms with Gasteiger partial charge in [-0.15, -0.1) is 11.8 Å². The van der Waals surface area contributed by atoms with Crippen LogP contribution in [0, 0.1) is 11.6 Å². The van der Waals surface area contributed by atoms with Crippen molar-refractivity contribution in [2.75, 3.05) is 11.1 Å². The zero-order valence-electron chi connectivity index (χ0n) is 12.6. The summed E-state index contributed by atoms with van der Waals surface area (Å²) in [5, 5.41) is 2.94. The topological polar surface area (TPSA) is 29.1 Å². The second kappa shape index (κ2) is 7.13. The molecule has 5 heteroatoms. The van der Waals surface area contributed by atoms with Gasteiger partial charge in [0, 0.05) is 10.6 Å². The van der Waals surface area contributed by atoms with Gasteiger partial charge in [0.15, 0.2) is 11.6 Å². The summed E-state index contributed by atoms with van der Waals surface area (Å²) in [6, 6.07) is 9.65. The molecule has 1 N–H and O–H groups in total. The van der Waals surface area contributed by atoms with Crippen LogP contribution in [-0.4, -0.2) is 11.7 Å². The summed E-state index contributed by atoms with van der Waals surface area (Å²) < 4.78 is 26.0. The Morgan fingerprint density at radius 2 is 1.91 bits per heavy atom. The number of anilines is 1. The van der Waals surface area contributed by atoms with Gasteiger partial charge in [0.1, 0.15) is 0 Å². The van der Waals surface area contributed by atoms with Crippen molar-refractivity contribution < 1.29 is 13.6 Å². The van der Waals surface area contributed by atoms with E-state index >= 15 is 0 Å². The van der Waals surface area contributed by atoms with Gasteiger partial charge in [-0.3, -0.25) is 4.79 Å². The van der Waals surface area contributed by atoms with Crippen molar-refractivity contribution in [1.82, 2.24) is 0 Å². The van der Waals surface area contributed by atoms with Gasteiger partial charge in [0.25, 0.3) is 0 Å². The highest BCUT2D eigenvalue weighted by molar-refractivity contribution is 8.00. The van der Waals surface area contributed by atoms with Crippen molar-refractivity contribution in [3.05, 3.63) is 59.2 Å². The lowest BCUT2D eigenvalue weighted by molar-refractivity contribution is -0.113. The fourth-order valence-corrected chi connectivity index (χ4v) is 3.52. The lowest BCUT2D eigenvalue weighted by Gasteiger charge is -2.19. The average molecular weight is 333 g/mol. The second-order valence-corrected chi connectivity index (χ2v) is 6.61. The maximum atomic E-state index is 13.2. The SMILES string of the molecule is O=C(CSc1ccc(F)c(F)c1)Nc1cccc2c1CCCC2. The van der Waals surface area contributed by atoms with E-state index in [1.165, 1.54) is 35.4 Å². The molecule has 0 spiro atoms. The fourth-order valence-electron chi connectivity index (χ4n) is 2.80. The number of nitrogens with one attached hydrogen (secondary N) is 1. The third-order valence-electron chi connectivity index (χ3n) is 3.93. The Morgan fingerprint density at radius 1 is 1.09 bits per heavy atom. The first-order chi connectivity index (χ1) is 11.1. The number of carbonyl (C=O) groups excluding carboxylic acids is 1. The normalized spacial score (nSPS) is 13.5. The Bertz CT molecular complexity index is 733. The molecule has 2 nitrogen and oxygen atoms in total. The predicted octanol–water partition coefficient (Wildman–Crippen LogP) is 4.57. The van der Waals surface area contributed by atoms with E-state index in [9.17, 15) is 13.6 Å². The Morgan fingerprint density at radius 3 is 2.74 bits per heavy atom. The van der Waals surface area contributed by atoms with Crippen LogP contribution in [0.2, 0.25) is 0 Å². The number of benzene rings is 2. The highest BCUT2D eigenvalue weighted by Gasteiger charge is 2.14. The number of hydrogen-bond acceptors (Lipinski definition) is 2. The molecule has 0 unspecified atom stereocenters. The van der Waals surface area contributed by atoms with Crippen LogP contribution in [0.1, 0.15) is 24.0 Å². The zero-order valence-corrected chi connectivity index (χ0v) is 13.4. The molecule has 0 heterocycles. The number of aryl methyl sites for hydroxylation is 1. The van der Waals surface area contributed by atoms with Crippen molar-refractivity contribution in [1.29, 1.82) is 0 Å². The number of amides is 1. The van der Waals surface area contributed by atoms with Crippen LogP contribution in [0.4, 0.5) is 14.5 Å². The first kappa shape index (κ1) is 16.0. The third-order valence-corrected chi connectivity index (χ3v) is 4.92. The van der Waals surface area contributed by atoms with Gasteiger partial charge < -0.3 is 5.32 Å². The number of carbonyl (C=O) groups is 1. The smallest absolute Gasteiger partial charge is 0.234 e. The molecule has 120 valence electrons. The average Bonchev–Trinajstić information content (AvgIpc) is 2.56. The molecule has 0 radical (unpaired) electrons. The fraction of sp³-hybridized carbons (Fsp3) is 0.278. The molecule has 0 aromatic heterocycles. The summed E-state index contributed by atoms with van der Waals surface area (Å²) in [6.07, 6.45) is 4.38. The van der Waals surface area contributed by atoms with Crippen LogP contribution in [0.15, 0.2) is 41.3 Å². The molecule has 1 amide bonds. The van der Waals surface area contributed by atoms with Crippen LogP contribution in [-0.2, 0) is 17.6 Å². The highest BCUT2D eigenvalue weighted by atomic mass is 32.2. The quantitative estimate of drug-likeness (QED) is 0.830. The van der Waals surface area contributed by atoms with E-state index in [4.69, 9.17) is 0 Å². The van der Waals surface area contributed by atoms with E-state index < -0.39 is 11.6 Å². The Labute approximate surface area is 138 Å². The highest BCUT2D eigenvalue weighted by Crippen LogP contribution is 2.28. The zero-order chi connectivity index (χ0) is 16.2. The molecule has 0 bridgehead atoms. The number of thioether (sulfide) groups is 1. The van der Waals surface area contributed by atoms with Crippen molar-refractivity contribution >= 4 is 23.4 Å². The van der Waals surface area contributed by atoms with Crippen LogP contribution in [0.5, 0.6) is 0 Å². The summed E-state index contributed by atoms with van der Waals surface area (Å²) >= 11 is 1.19. The van der Waals surface area contributed by atoms with Crippen molar-refractivity contribution in [2.24, 2.45) is 0 Å². The molecule has 2 aromatic rings. The first-order valence-electron chi connectivity index (χ1n) is 7.62. The van der Waals surface area contributed by atoms with E-state index in [1.54, 1.807) is 0 Å². The molecule has 1 aliphatic rings. The molecule has 0 saturated carbocycles. The van der Waals surface area contributed by atoms with Crippen LogP contribution in [0.25, 0.3) is 0 Å². The molecule has 3 rings (SSSR count). The Balaban J connectivity index is 1.62. The summed E-state index contributed by atoms with van der Waals surface area (Å²) in [5.41, 5.74) is 3.41. The first-order valence-corrected chi connectivity index (χ1v) is 8.60. The van der Waals surface area contributed by atoms with E-state index in [0.717, 1.165) is 37.1 Å². The maximum Gasteiger partial charge on any atom is 0.234 e. The van der Waals surface area contributed by atoms with Gasteiger partial charge in [-0.25, -0.2) is 8.78 Å². The van der Waals surface area contributed by atoms with Gasteiger partial charge in [-0.1, -0.05) is 12.1 Å². The Kier molecular flexibility index (Phi) is 4.96. The van der Waals surface area contributed by atoms with Crippen LogP contribution >= 0.6 is 11.8 Å². The molecular weight excluding hydrogens is 316 g/mol. The molecule has 2 aromatic carbocycles. The number of fused-ring (bicyclic) bond motifs is 1. The largest absolute Gasteiger partial charge is 0.325 e. The van der Waals surface area contributed by atoms with Crippen LogP contribution < -0.4 is 5.32 Å². The van der Waals surface area contributed by atoms with Gasteiger partial charge in [-0.05, 0) is 61.1 Å². The lowest BCUT2D eigenvalue weighted by atomic mass is 9.90. The summed E-state index contributed by atoms with van der Waals surface area (Å²) in [5.74, 6) is -1.75. The van der Waals surface area contributed by atoms with Gasteiger partial charge in [0.05, 0.1) is 5.75 Å². The van der Waals surface area contributed by atoms with Crippen molar-refractivity contribution in [2.45, 2.75) is 30.6 Å². The molecule has 1 aliphatic carbocycles. The summed E-state index contributed by atoms with van der Waals surface area (Å²) in [4.78, 5) is 12.7. The van der Waals surface area contributed by atoms with E-state index in [-0.39, 0.29) is 11.7 Å². The predicted molar refractivity (Wildman–Crippen MR) is 88.8 cm³/mol. The van der Waals surface area contributed by atoms with Gasteiger partial charge in [0.2, 0.25) is 5.91 Å². The standard InChI is InChI=1S/C18H17F2NOS/c19-15-9-8-13(10-16(15)20)23-11-18(22)21-17-7-3-5-12-4-1-2-6-14(12)17/h3,5,7-10H,1-2,4,6,11H2,(H,21,22). The number of halogens is 2. The van der Waals surface area contributed by atoms with E-state index in [1.807, 2.05) is 12.1 Å². The molecule has 0 aliphatic heterocycles. The second-order valence-electron chi connectivity index (χ2n) is 5.56. The molecule has 0 saturated heterocycles. The summed E-state index contributed by atoms with van der Waals surface area (Å²) in [6.45, 7) is 0. The van der Waals surface area contributed by atoms with Gasteiger partial charge in [-0.2, -0.15) is 0 Å². The minimum Gasteiger partial charge on any atom is -0.325 e. The van der Waals surface area contributed by atoms with Crippen molar-refractivity contribution in [3.8, 4) is 0 Å². The minimum absolute atomic E-state index is 0.140. The van der Waals surface area contributed by atoms with Gasteiger partial charge >= 0.3 is 0 Å². The molecule has 23 heavy (non-hydrogen) atoms. The number of hydrogen-bond donors (Lipinski definition) is 1. The molecular formula is C18H17F2NOS. The lowest BCUT2D eigenvalue weighted by Crippen LogP contribution is -2.17. The maximum absolute atomic E-state index is 13.2. The Hall–Kier alpha value is -1.88. The number of rotatable bonds is 4. The molecule has 0 atom stereocenters. The third kappa shape index (κ3) is 3.91. The minimum atomic E-state index is -0.896. The van der Waals surface area contributed by atoms with Crippen molar-refractivity contribution in [3.63, 3.8) is 0 Å². The van der Waals surface area contributed by atoms with E-state index in [0.29, 0.717) is 4.90 Å². The molecule has 0 fully saturated rings. The van der Waals surface area contributed by atoms with E-state index in [2.05, 4.69) is 11.4 Å². The monoisotopic (exact) mass is 333 g/mol. The van der Waals surface area contributed by atoms with Crippen LogP contribution in [0.3, 0.4) is 0 Å².